The predicted octanol–water partition coefficient (Wildman–Crippen LogP) is 2.39. The Hall–Kier alpha value is -1.73. The zero-order chi connectivity index (χ0) is 16.5. The maximum Gasteiger partial charge on any atom is 0.274 e. The van der Waals surface area contributed by atoms with Crippen LogP contribution in [0.3, 0.4) is 0 Å². The van der Waals surface area contributed by atoms with Gasteiger partial charge in [-0.2, -0.15) is 0 Å². The van der Waals surface area contributed by atoms with Crippen LogP contribution < -0.4 is 10.6 Å². The molecule has 4 rings (SSSR count). The average molecular weight is 390 g/mol. The zero-order valence-electron chi connectivity index (χ0n) is 13.3. The molecule has 1 saturated carbocycles. The Bertz CT molecular complexity index is 732. The van der Waals surface area contributed by atoms with Crippen molar-refractivity contribution in [1.29, 1.82) is 0 Å². The van der Waals surface area contributed by atoms with E-state index in [1.54, 1.807) is 0 Å². The van der Waals surface area contributed by atoms with Gasteiger partial charge in [-0.15, -0.1) is 5.10 Å². The normalized spacial score (nSPS) is 18.5. The lowest BCUT2D eigenvalue weighted by Crippen LogP contribution is -2.43. The number of benzene rings is 1. The Morgan fingerprint density at radius 1 is 1.17 bits per heavy atom. The smallest absolute Gasteiger partial charge is 0.274 e. The number of carbonyl (C=O) groups is 1. The van der Waals surface area contributed by atoms with Gasteiger partial charge in [0.05, 0.1) is 11.4 Å². The van der Waals surface area contributed by atoms with E-state index < -0.39 is 0 Å². The van der Waals surface area contributed by atoms with Gasteiger partial charge < -0.3 is 10.6 Å². The van der Waals surface area contributed by atoms with E-state index >= 15 is 0 Å². The fraction of sp³-hybridized carbons (Fsp3) is 0.471. The molecule has 0 spiro atoms. The Balaban J connectivity index is 1.61. The number of halogens is 1. The minimum atomic E-state index is -0.0906. The van der Waals surface area contributed by atoms with Gasteiger partial charge in [0.15, 0.2) is 5.69 Å². The molecule has 2 heterocycles. The van der Waals surface area contributed by atoms with Crippen LogP contribution >= 0.6 is 15.9 Å². The van der Waals surface area contributed by atoms with E-state index in [9.17, 15) is 4.79 Å². The highest BCUT2D eigenvalue weighted by Crippen LogP contribution is 2.42. The highest BCUT2D eigenvalue weighted by Gasteiger charge is 2.34. The number of hydrogen-bond acceptors (Lipinski definition) is 4. The summed E-state index contributed by atoms with van der Waals surface area (Å²) in [5.74, 6) is 0.296. The van der Waals surface area contributed by atoms with Crippen molar-refractivity contribution in [2.24, 2.45) is 0 Å². The van der Waals surface area contributed by atoms with Crippen LogP contribution in [-0.4, -0.2) is 40.0 Å². The number of hydrogen-bond donors (Lipinski definition) is 2. The van der Waals surface area contributed by atoms with Crippen LogP contribution in [0.2, 0.25) is 0 Å². The van der Waals surface area contributed by atoms with E-state index in [1.807, 2.05) is 28.9 Å². The number of aromatic nitrogens is 3. The molecule has 2 aliphatic rings. The first-order valence-electron chi connectivity index (χ1n) is 8.45. The Morgan fingerprint density at radius 2 is 1.88 bits per heavy atom. The molecule has 1 amide bonds. The Kier molecular flexibility index (Phi) is 4.37. The van der Waals surface area contributed by atoms with Crippen LogP contribution in [0.15, 0.2) is 28.7 Å². The molecule has 0 unspecified atom stereocenters. The molecule has 1 aliphatic carbocycles. The summed E-state index contributed by atoms with van der Waals surface area (Å²) in [4.78, 5) is 12.7. The summed E-state index contributed by atoms with van der Waals surface area (Å²) in [5.41, 5.74) is 2.37. The average Bonchev–Trinajstić information content (AvgIpc) is 3.34. The van der Waals surface area contributed by atoms with Crippen molar-refractivity contribution in [3.05, 3.63) is 40.1 Å². The van der Waals surface area contributed by atoms with E-state index in [4.69, 9.17) is 0 Å². The van der Waals surface area contributed by atoms with Crippen LogP contribution in [0.4, 0.5) is 0 Å². The molecule has 0 atom stereocenters. The third kappa shape index (κ3) is 3.23. The van der Waals surface area contributed by atoms with Crippen molar-refractivity contribution >= 4 is 21.8 Å². The lowest BCUT2D eigenvalue weighted by Gasteiger charge is -2.23. The maximum atomic E-state index is 12.7. The van der Waals surface area contributed by atoms with Gasteiger partial charge in [0.2, 0.25) is 0 Å². The minimum Gasteiger partial charge on any atom is -0.348 e. The number of nitrogens with one attached hydrogen (secondary N) is 2. The molecule has 2 aromatic rings. The molecule has 1 aromatic carbocycles. The third-order valence-corrected chi connectivity index (χ3v) is 5.16. The van der Waals surface area contributed by atoms with Crippen molar-refractivity contribution in [1.82, 2.24) is 25.6 Å². The largest absolute Gasteiger partial charge is 0.348 e. The van der Waals surface area contributed by atoms with Gasteiger partial charge in [-0.05, 0) is 63.0 Å². The summed E-state index contributed by atoms with van der Waals surface area (Å²) in [5, 5.41) is 14.9. The highest BCUT2D eigenvalue weighted by molar-refractivity contribution is 9.10. The second kappa shape index (κ2) is 6.64. The van der Waals surface area contributed by atoms with Gasteiger partial charge >= 0.3 is 0 Å². The van der Waals surface area contributed by atoms with E-state index in [2.05, 4.69) is 36.9 Å². The molecule has 1 aliphatic heterocycles. The summed E-state index contributed by atoms with van der Waals surface area (Å²) in [7, 11) is 0. The van der Waals surface area contributed by atoms with Crippen molar-refractivity contribution in [2.75, 3.05) is 13.1 Å². The lowest BCUT2D eigenvalue weighted by atomic mass is 10.1. The first-order valence-corrected chi connectivity index (χ1v) is 9.25. The molecule has 24 heavy (non-hydrogen) atoms. The van der Waals surface area contributed by atoms with Crippen LogP contribution in [0.5, 0.6) is 0 Å². The summed E-state index contributed by atoms with van der Waals surface area (Å²) >= 11 is 3.45. The van der Waals surface area contributed by atoms with Crippen LogP contribution in [0, 0.1) is 0 Å². The molecular weight excluding hydrogens is 370 g/mol. The van der Waals surface area contributed by atoms with Crippen LogP contribution in [0.25, 0.3) is 5.69 Å². The monoisotopic (exact) mass is 389 g/mol. The van der Waals surface area contributed by atoms with Gasteiger partial charge in [0, 0.05) is 16.4 Å². The first kappa shape index (κ1) is 15.8. The fourth-order valence-corrected chi connectivity index (χ4v) is 3.43. The van der Waals surface area contributed by atoms with Gasteiger partial charge in [0.1, 0.15) is 0 Å². The summed E-state index contributed by atoms with van der Waals surface area (Å²) in [6, 6.07) is 8.15. The molecule has 7 heteroatoms. The van der Waals surface area contributed by atoms with Gasteiger partial charge in [-0.3, -0.25) is 4.79 Å². The number of piperidine rings is 1. The van der Waals surface area contributed by atoms with E-state index in [1.165, 1.54) is 0 Å². The van der Waals surface area contributed by atoms with Crippen molar-refractivity contribution < 1.29 is 4.79 Å². The van der Waals surface area contributed by atoms with Crippen LogP contribution in [-0.2, 0) is 0 Å². The minimum absolute atomic E-state index is 0.0906. The standard InChI is InChI=1S/C17H20BrN5O/c18-12-3-5-14(6-4-12)23-16(11-1-2-11)15(21-22-23)17(24)20-13-7-9-19-10-8-13/h3-6,11,13,19H,1-2,7-10H2,(H,20,24). The number of carbonyl (C=O) groups excluding carboxylic acids is 1. The van der Waals surface area contributed by atoms with Gasteiger partial charge in [0.25, 0.3) is 5.91 Å². The first-order chi connectivity index (χ1) is 11.7. The van der Waals surface area contributed by atoms with Gasteiger partial charge in [-0.1, -0.05) is 21.1 Å². The van der Waals surface area contributed by atoms with E-state index in [0.717, 1.165) is 54.6 Å². The number of amides is 1. The molecule has 0 radical (unpaired) electrons. The Morgan fingerprint density at radius 3 is 2.54 bits per heavy atom. The Labute approximate surface area is 149 Å². The van der Waals surface area contributed by atoms with Crippen LogP contribution in [0.1, 0.15) is 47.8 Å². The second-order valence-corrected chi connectivity index (χ2v) is 7.40. The third-order valence-electron chi connectivity index (χ3n) is 4.63. The molecule has 126 valence electrons. The summed E-state index contributed by atoms with van der Waals surface area (Å²) < 4.78 is 2.84. The van der Waals surface area contributed by atoms with E-state index in [0.29, 0.717) is 11.6 Å². The van der Waals surface area contributed by atoms with Crippen molar-refractivity contribution in [3.8, 4) is 5.69 Å². The summed E-state index contributed by atoms with van der Waals surface area (Å²) in [6.45, 7) is 1.90. The number of rotatable bonds is 4. The quantitative estimate of drug-likeness (QED) is 0.841. The molecule has 1 saturated heterocycles. The molecule has 0 bridgehead atoms. The highest BCUT2D eigenvalue weighted by atomic mass is 79.9. The predicted molar refractivity (Wildman–Crippen MR) is 94.4 cm³/mol. The van der Waals surface area contributed by atoms with Crippen molar-refractivity contribution in [2.45, 2.75) is 37.6 Å². The zero-order valence-corrected chi connectivity index (χ0v) is 14.9. The second-order valence-electron chi connectivity index (χ2n) is 6.48. The molecule has 2 fully saturated rings. The van der Waals surface area contributed by atoms with E-state index in [-0.39, 0.29) is 11.9 Å². The molecule has 6 nitrogen and oxygen atoms in total. The van der Waals surface area contributed by atoms with Crippen molar-refractivity contribution in [3.63, 3.8) is 0 Å². The number of nitrogens with zero attached hydrogens (tertiary/aromatic N) is 3. The molecule has 1 aromatic heterocycles. The topological polar surface area (TPSA) is 71.8 Å². The summed E-state index contributed by atoms with van der Waals surface area (Å²) in [6.07, 6.45) is 4.12. The lowest BCUT2D eigenvalue weighted by molar-refractivity contribution is 0.0923. The molecular formula is C17H20BrN5O. The molecule has 2 N–H and O–H groups in total. The SMILES string of the molecule is O=C(NC1CCNCC1)c1nnn(-c2ccc(Br)cc2)c1C1CC1. The fourth-order valence-electron chi connectivity index (χ4n) is 3.17. The van der Waals surface area contributed by atoms with Gasteiger partial charge in [-0.25, -0.2) is 4.68 Å². The maximum absolute atomic E-state index is 12.7.